The van der Waals surface area contributed by atoms with Crippen molar-refractivity contribution >= 4 is 34.9 Å². The molecule has 1 aromatic heterocycles. The minimum Gasteiger partial charge on any atom is -0.468 e. The maximum absolute atomic E-state index is 13.0. The van der Waals surface area contributed by atoms with Crippen LogP contribution in [0, 0.1) is 10.1 Å². The molecule has 0 aliphatic rings. The molecule has 0 saturated carbocycles. The summed E-state index contributed by atoms with van der Waals surface area (Å²) in [6, 6.07) is 7.81. The van der Waals surface area contributed by atoms with Gasteiger partial charge < -0.3 is 9.47 Å². The number of nitrogens with zero attached hydrogens (tertiary/aromatic N) is 4. The van der Waals surface area contributed by atoms with E-state index in [0.717, 1.165) is 26.3 Å². The molecule has 0 atom stereocenters. The summed E-state index contributed by atoms with van der Waals surface area (Å²) in [5.41, 5.74) is -4.73. The number of hydrogen-bond donors (Lipinski definition) is 0. The van der Waals surface area contributed by atoms with Crippen molar-refractivity contribution in [2.45, 2.75) is 6.54 Å². The van der Waals surface area contributed by atoms with Crippen LogP contribution in [0.5, 0.6) is 11.5 Å². The smallest absolute Gasteiger partial charge is 0.341 e. The number of rotatable bonds is 6. The molecule has 3 rings (SSSR count). The van der Waals surface area contributed by atoms with E-state index in [1.54, 1.807) is 6.07 Å². The van der Waals surface area contributed by atoms with Crippen LogP contribution in [0.15, 0.2) is 50.8 Å². The molecule has 14 heteroatoms. The molecule has 33 heavy (non-hydrogen) atoms. The molecule has 0 N–H and O–H groups in total. The van der Waals surface area contributed by atoms with Crippen molar-refractivity contribution < 1.29 is 19.2 Å². The second kappa shape index (κ2) is 9.30. The molecule has 0 spiro atoms. The maximum atomic E-state index is 13.0. The molecule has 0 radical (unpaired) electrons. The van der Waals surface area contributed by atoms with Crippen LogP contribution in [0.1, 0.15) is 0 Å². The third-order valence-corrected chi connectivity index (χ3v) is 5.05. The molecular weight excluding hydrogens is 483 g/mol. The maximum Gasteiger partial charge on any atom is 0.341 e. The lowest BCUT2D eigenvalue weighted by molar-refractivity contribution is -0.384. The van der Waals surface area contributed by atoms with Gasteiger partial charge in [0.05, 0.1) is 22.1 Å². The van der Waals surface area contributed by atoms with Crippen LogP contribution >= 0.6 is 23.2 Å². The van der Waals surface area contributed by atoms with E-state index < -0.39 is 45.9 Å². The molecule has 0 fully saturated rings. The van der Waals surface area contributed by atoms with Crippen LogP contribution in [0.2, 0.25) is 10.0 Å². The fraction of sp³-hybridized carbons (Fsp3) is 0.158. The van der Waals surface area contributed by atoms with Crippen molar-refractivity contribution in [2.75, 3.05) is 7.11 Å². The van der Waals surface area contributed by atoms with Crippen molar-refractivity contribution in [3.8, 4) is 17.2 Å². The summed E-state index contributed by atoms with van der Waals surface area (Å²) in [4.78, 5) is 60.5. The van der Waals surface area contributed by atoms with Crippen LogP contribution in [-0.4, -0.2) is 31.7 Å². The first kappa shape index (κ1) is 23.8. The summed E-state index contributed by atoms with van der Waals surface area (Å²) in [5, 5.41) is 11.9. The van der Waals surface area contributed by atoms with Gasteiger partial charge >= 0.3 is 23.0 Å². The van der Waals surface area contributed by atoms with Crippen LogP contribution in [0.3, 0.4) is 0 Å². The van der Waals surface area contributed by atoms with Gasteiger partial charge in [0.15, 0.2) is 5.75 Å². The normalized spacial score (nSPS) is 10.7. The highest BCUT2D eigenvalue weighted by Crippen LogP contribution is 2.37. The molecule has 0 aliphatic carbocycles. The topological polar surface area (TPSA) is 145 Å². The Morgan fingerprint density at radius 1 is 1.06 bits per heavy atom. The molecule has 0 bridgehead atoms. The Morgan fingerprint density at radius 3 is 2.27 bits per heavy atom. The number of esters is 1. The van der Waals surface area contributed by atoms with E-state index in [-0.39, 0.29) is 21.5 Å². The molecule has 3 aromatic rings. The number of carbonyl (C=O) groups excluding carboxylic acids is 1. The molecule has 0 saturated heterocycles. The highest BCUT2D eigenvalue weighted by atomic mass is 35.5. The first-order valence-electron chi connectivity index (χ1n) is 8.97. The summed E-state index contributed by atoms with van der Waals surface area (Å²) in [5.74, 6) is -0.957. The Morgan fingerprint density at radius 2 is 1.70 bits per heavy atom. The van der Waals surface area contributed by atoms with Gasteiger partial charge in [0.25, 0.3) is 5.69 Å². The van der Waals surface area contributed by atoms with Crippen molar-refractivity contribution in [3.63, 3.8) is 0 Å². The van der Waals surface area contributed by atoms with Gasteiger partial charge in [-0.15, -0.1) is 0 Å². The summed E-state index contributed by atoms with van der Waals surface area (Å²) < 4.78 is 11.4. The number of aromatic nitrogens is 3. The van der Waals surface area contributed by atoms with Gasteiger partial charge in [0, 0.05) is 19.2 Å². The van der Waals surface area contributed by atoms with Crippen molar-refractivity contribution in [2.24, 2.45) is 7.05 Å². The largest absolute Gasteiger partial charge is 0.468 e. The second-order valence-electron chi connectivity index (χ2n) is 6.46. The van der Waals surface area contributed by atoms with E-state index in [4.69, 9.17) is 27.9 Å². The minimum absolute atomic E-state index is 0.0385. The van der Waals surface area contributed by atoms with E-state index in [1.165, 1.54) is 18.2 Å². The lowest BCUT2D eigenvalue weighted by atomic mass is 10.2. The summed E-state index contributed by atoms with van der Waals surface area (Å²) >= 11 is 12.2. The molecule has 0 amide bonds. The SMILES string of the molecule is COC(=O)Cn1c(=O)n(C)c(=O)n(-c2cc(Oc3c(Cl)cccc3Cl)ccc2[N+](=O)[O-])c1=O. The predicted octanol–water partition coefficient (Wildman–Crippen LogP) is 1.88. The number of methoxy groups -OCH3 is 1. The van der Waals surface area contributed by atoms with E-state index in [9.17, 15) is 29.3 Å². The lowest BCUT2D eigenvalue weighted by Crippen LogP contribution is -2.53. The zero-order valence-corrected chi connectivity index (χ0v) is 18.5. The highest BCUT2D eigenvalue weighted by Gasteiger charge is 2.24. The van der Waals surface area contributed by atoms with Crippen LogP contribution < -0.4 is 21.8 Å². The van der Waals surface area contributed by atoms with Gasteiger partial charge in [-0.1, -0.05) is 29.3 Å². The fourth-order valence-electron chi connectivity index (χ4n) is 2.83. The fourth-order valence-corrected chi connectivity index (χ4v) is 3.30. The molecule has 12 nitrogen and oxygen atoms in total. The van der Waals surface area contributed by atoms with Crippen LogP contribution in [0.4, 0.5) is 5.69 Å². The number of ether oxygens (including phenoxy) is 2. The Labute approximate surface area is 193 Å². The summed E-state index contributed by atoms with van der Waals surface area (Å²) in [7, 11) is 2.09. The molecular formula is C19H14Cl2N4O8. The van der Waals surface area contributed by atoms with E-state index in [0.29, 0.717) is 13.7 Å². The second-order valence-corrected chi connectivity index (χ2v) is 7.28. The van der Waals surface area contributed by atoms with Gasteiger partial charge in [-0.25, -0.2) is 28.1 Å². The zero-order valence-electron chi connectivity index (χ0n) is 17.0. The first-order chi connectivity index (χ1) is 15.6. The first-order valence-corrected chi connectivity index (χ1v) is 9.72. The third-order valence-electron chi connectivity index (χ3n) is 4.46. The molecule has 1 heterocycles. The number of nitro groups is 1. The monoisotopic (exact) mass is 496 g/mol. The quantitative estimate of drug-likeness (QED) is 0.285. The lowest BCUT2D eigenvalue weighted by Gasteiger charge is -2.13. The van der Waals surface area contributed by atoms with E-state index >= 15 is 0 Å². The van der Waals surface area contributed by atoms with E-state index in [1.807, 2.05) is 0 Å². The van der Waals surface area contributed by atoms with Crippen molar-refractivity contribution in [1.82, 2.24) is 13.7 Å². The van der Waals surface area contributed by atoms with Gasteiger partial charge in [-0.3, -0.25) is 14.9 Å². The Bertz CT molecular complexity index is 1440. The van der Waals surface area contributed by atoms with Gasteiger partial charge in [-0.05, 0) is 18.2 Å². The third kappa shape index (κ3) is 4.52. The summed E-state index contributed by atoms with van der Waals surface area (Å²) in [6.07, 6.45) is 0. The average Bonchev–Trinajstić information content (AvgIpc) is 2.77. The standard InChI is InChI=1S/C19H14Cl2N4O8/c1-22-17(27)23(9-15(26)32-2)19(29)24(18(22)28)14-8-10(6-7-13(14)25(30)31)33-16-11(20)4-3-5-12(16)21/h3-8H,9H2,1-2H3. The number of para-hydroxylation sites is 1. The Kier molecular flexibility index (Phi) is 6.70. The number of carbonyl (C=O) groups is 1. The summed E-state index contributed by atoms with van der Waals surface area (Å²) in [6.45, 7) is -0.818. The van der Waals surface area contributed by atoms with Crippen LogP contribution in [-0.2, 0) is 23.1 Å². The number of halogens is 2. The Balaban J connectivity index is 2.29. The van der Waals surface area contributed by atoms with Crippen LogP contribution in [0.25, 0.3) is 5.69 Å². The number of hydrogen-bond acceptors (Lipinski definition) is 8. The number of benzene rings is 2. The number of nitro benzene ring substituents is 1. The van der Waals surface area contributed by atoms with Crippen molar-refractivity contribution in [3.05, 3.63) is 88.0 Å². The molecule has 0 aliphatic heterocycles. The minimum atomic E-state index is -1.29. The zero-order chi connectivity index (χ0) is 24.4. The molecule has 172 valence electrons. The molecule has 2 aromatic carbocycles. The van der Waals surface area contributed by atoms with Gasteiger partial charge in [0.1, 0.15) is 18.0 Å². The van der Waals surface area contributed by atoms with E-state index in [2.05, 4.69) is 4.74 Å². The highest BCUT2D eigenvalue weighted by molar-refractivity contribution is 6.37. The average molecular weight is 497 g/mol. The van der Waals surface area contributed by atoms with Gasteiger partial charge in [-0.2, -0.15) is 0 Å². The Hall–Kier alpha value is -3.90. The van der Waals surface area contributed by atoms with Gasteiger partial charge in [0.2, 0.25) is 0 Å². The van der Waals surface area contributed by atoms with Crippen molar-refractivity contribution in [1.29, 1.82) is 0 Å². The molecule has 0 unspecified atom stereocenters. The predicted molar refractivity (Wildman–Crippen MR) is 117 cm³/mol.